The number of aromatic nitrogens is 2. The highest BCUT2D eigenvalue weighted by atomic mass is 16.6. The molecule has 0 aromatic carbocycles. The summed E-state index contributed by atoms with van der Waals surface area (Å²) < 4.78 is 18.9. The average molecular weight is 472 g/mol. The SMILES string of the molecule is C=C1C(=O)O[C@H]2[C@H]1CC/C(COC(=O)CCC(=O)NCCCn1ccnc1)=C\CC[C@@]1(C)O[C@@H]21. The molecule has 0 radical (unpaired) electrons. The summed E-state index contributed by atoms with van der Waals surface area (Å²) in [4.78, 5) is 40.2. The van der Waals surface area contributed by atoms with Crippen LogP contribution in [0.4, 0.5) is 0 Å². The molecule has 2 fully saturated rings. The Bertz CT molecular complexity index is 956. The van der Waals surface area contributed by atoms with E-state index in [1.54, 1.807) is 12.5 Å². The van der Waals surface area contributed by atoms with Crippen molar-refractivity contribution in [2.75, 3.05) is 13.2 Å². The summed E-state index contributed by atoms with van der Waals surface area (Å²) in [5.41, 5.74) is 1.21. The third kappa shape index (κ3) is 5.94. The molecule has 1 aliphatic carbocycles. The predicted octanol–water partition coefficient (Wildman–Crippen LogP) is 2.47. The van der Waals surface area contributed by atoms with Gasteiger partial charge >= 0.3 is 11.9 Å². The van der Waals surface area contributed by atoms with Gasteiger partial charge in [0.2, 0.25) is 5.91 Å². The van der Waals surface area contributed by atoms with E-state index in [0.29, 0.717) is 25.0 Å². The third-order valence-corrected chi connectivity index (χ3v) is 6.89. The number of nitrogens with one attached hydrogen (secondary N) is 1. The molecular weight excluding hydrogens is 438 g/mol. The van der Waals surface area contributed by atoms with Gasteiger partial charge in [-0.05, 0) is 44.6 Å². The van der Waals surface area contributed by atoms with Crippen LogP contribution in [0.2, 0.25) is 0 Å². The Morgan fingerprint density at radius 2 is 2.24 bits per heavy atom. The topological polar surface area (TPSA) is 112 Å². The molecule has 1 N–H and O–H groups in total. The molecule has 0 saturated carbocycles. The Labute approximate surface area is 199 Å². The third-order valence-electron chi connectivity index (χ3n) is 6.89. The van der Waals surface area contributed by atoms with Crippen LogP contribution in [-0.2, 0) is 35.1 Å². The molecular formula is C25H33N3O6. The molecule has 9 heteroatoms. The Hall–Kier alpha value is -2.94. The summed E-state index contributed by atoms with van der Waals surface area (Å²) in [6, 6.07) is 0. The molecule has 2 saturated heterocycles. The van der Waals surface area contributed by atoms with Crippen molar-refractivity contribution >= 4 is 17.8 Å². The zero-order valence-corrected chi connectivity index (χ0v) is 19.7. The lowest BCUT2D eigenvalue weighted by Crippen LogP contribution is -2.29. The maximum atomic E-state index is 12.2. The monoisotopic (exact) mass is 471 g/mol. The fraction of sp³-hybridized carbons (Fsp3) is 0.600. The minimum absolute atomic E-state index is 0.0398. The highest BCUT2D eigenvalue weighted by Gasteiger charge is 2.61. The zero-order valence-electron chi connectivity index (χ0n) is 19.7. The summed E-state index contributed by atoms with van der Waals surface area (Å²) in [5.74, 6) is -0.994. The number of aryl methyl sites for hydroxylation is 1. The molecule has 4 atom stereocenters. The standard InChI is InChI=1S/C25H33N3O6/c1-17-19-7-6-18(5-3-10-25(2)23(34-25)22(19)33-24(17)31)15-32-21(30)9-8-20(29)27-11-4-13-28-14-12-26-16-28/h5,12,14,16,19,22-23H,1,3-4,6-11,13,15H2,2H3,(H,27,29)/b18-5+/t19-,22-,23-,25+/m0/s1. The number of nitrogens with zero attached hydrogens (tertiary/aromatic N) is 2. The fourth-order valence-electron chi connectivity index (χ4n) is 4.71. The first-order valence-electron chi connectivity index (χ1n) is 12.0. The molecule has 184 valence electrons. The Balaban J connectivity index is 1.18. The van der Waals surface area contributed by atoms with Crippen LogP contribution < -0.4 is 5.32 Å². The van der Waals surface area contributed by atoms with Crippen LogP contribution in [0.3, 0.4) is 0 Å². The Kier molecular flexibility index (Phi) is 7.50. The minimum Gasteiger partial charge on any atom is -0.461 e. The highest BCUT2D eigenvalue weighted by molar-refractivity contribution is 5.91. The van der Waals surface area contributed by atoms with Crippen LogP contribution in [0.1, 0.15) is 51.9 Å². The van der Waals surface area contributed by atoms with Crippen LogP contribution >= 0.6 is 0 Å². The number of amides is 1. The molecule has 0 bridgehead atoms. The van der Waals surface area contributed by atoms with Crippen molar-refractivity contribution in [2.45, 2.75) is 76.2 Å². The van der Waals surface area contributed by atoms with E-state index < -0.39 is 5.97 Å². The van der Waals surface area contributed by atoms with Crippen LogP contribution in [0.25, 0.3) is 0 Å². The molecule has 3 heterocycles. The molecule has 4 rings (SSSR count). The van der Waals surface area contributed by atoms with Crippen molar-refractivity contribution in [3.05, 3.63) is 42.5 Å². The van der Waals surface area contributed by atoms with E-state index in [0.717, 1.165) is 31.4 Å². The second-order valence-electron chi connectivity index (χ2n) is 9.46. The van der Waals surface area contributed by atoms with Gasteiger partial charge in [0.1, 0.15) is 18.8 Å². The number of hydrogen-bond donors (Lipinski definition) is 1. The van der Waals surface area contributed by atoms with E-state index in [4.69, 9.17) is 14.2 Å². The molecule has 2 aliphatic heterocycles. The summed E-state index contributed by atoms with van der Waals surface area (Å²) >= 11 is 0. The number of allylic oxidation sites excluding steroid dienone is 1. The highest BCUT2D eigenvalue weighted by Crippen LogP contribution is 2.49. The number of ether oxygens (including phenoxy) is 3. The largest absolute Gasteiger partial charge is 0.461 e. The Morgan fingerprint density at radius 3 is 3.03 bits per heavy atom. The van der Waals surface area contributed by atoms with E-state index in [-0.39, 0.29) is 55.1 Å². The lowest BCUT2D eigenvalue weighted by atomic mass is 9.84. The molecule has 34 heavy (non-hydrogen) atoms. The predicted molar refractivity (Wildman–Crippen MR) is 122 cm³/mol. The van der Waals surface area contributed by atoms with Crippen molar-refractivity contribution < 1.29 is 28.6 Å². The fourth-order valence-corrected chi connectivity index (χ4v) is 4.71. The average Bonchev–Trinajstić information content (AvgIpc) is 3.11. The summed E-state index contributed by atoms with van der Waals surface area (Å²) in [7, 11) is 0. The van der Waals surface area contributed by atoms with Gasteiger partial charge in [0.15, 0.2) is 0 Å². The van der Waals surface area contributed by atoms with Gasteiger partial charge in [-0.3, -0.25) is 9.59 Å². The van der Waals surface area contributed by atoms with Crippen LogP contribution in [0.15, 0.2) is 42.5 Å². The molecule has 0 spiro atoms. The number of carbonyl (C=O) groups is 3. The van der Waals surface area contributed by atoms with Crippen molar-refractivity contribution in [1.29, 1.82) is 0 Å². The van der Waals surface area contributed by atoms with E-state index in [1.807, 2.05) is 17.7 Å². The normalized spacial score (nSPS) is 29.8. The summed E-state index contributed by atoms with van der Waals surface area (Å²) in [6.45, 7) is 7.47. The number of esters is 2. The van der Waals surface area contributed by atoms with Gasteiger partial charge < -0.3 is 24.1 Å². The van der Waals surface area contributed by atoms with Crippen molar-refractivity contribution in [2.24, 2.45) is 5.92 Å². The maximum Gasteiger partial charge on any atom is 0.334 e. The summed E-state index contributed by atoms with van der Waals surface area (Å²) in [6.07, 6.45) is 11.0. The smallest absolute Gasteiger partial charge is 0.334 e. The number of epoxide rings is 1. The lowest BCUT2D eigenvalue weighted by Gasteiger charge is -2.20. The first-order chi connectivity index (χ1) is 16.4. The second-order valence-corrected chi connectivity index (χ2v) is 9.46. The van der Waals surface area contributed by atoms with E-state index >= 15 is 0 Å². The molecule has 3 aliphatic rings. The van der Waals surface area contributed by atoms with E-state index in [9.17, 15) is 14.4 Å². The van der Waals surface area contributed by atoms with Gasteiger partial charge in [0.25, 0.3) is 0 Å². The Morgan fingerprint density at radius 1 is 1.38 bits per heavy atom. The number of imidazole rings is 1. The van der Waals surface area contributed by atoms with E-state index in [2.05, 4.69) is 23.0 Å². The van der Waals surface area contributed by atoms with Gasteiger partial charge in [0, 0.05) is 43.4 Å². The first-order valence-corrected chi connectivity index (χ1v) is 12.0. The summed E-state index contributed by atoms with van der Waals surface area (Å²) in [5, 5.41) is 2.82. The number of rotatable bonds is 9. The second kappa shape index (κ2) is 10.5. The first kappa shape index (κ1) is 24.2. The molecule has 1 aromatic heterocycles. The zero-order chi connectivity index (χ0) is 24.1. The minimum atomic E-state index is -0.397. The van der Waals surface area contributed by atoms with Gasteiger partial charge in [-0.2, -0.15) is 0 Å². The number of fused-ring (bicyclic) bond motifs is 3. The molecule has 0 unspecified atom stereocenters. The molecule has 1 amide bonds. The van der Waals surface area contributed by atoms with Gasteiger partial charge in [-0.15, -0.1) is 0 Å². The van der Waals surface area contributed by atoms with Crippen molar-refractivity contribution in [3.63, 3.8) is 0 Å². The maximum absolute atomic E-state index is 12.2. The molecule has 9 nitrogen and oxygen atoms in total. The van der Waals surface area contributed by atoms with Gasteiger partial charge in [-0.1, -0.05) is 12.7 Å². The molecule has 1 aromatic rings. The van der Waals surface area contributed by atoms with Crippen molar-refractivity contribution in [1.82, 2.24) is 14.9 Å². The lowest BCUT2D eigenvalue weighted by molar-refractivity contribution is -0.144. The van der Waals surface area contributed by atoms with Crippen molar-refractivity contribution in [3.8, 4) is 0 Å². The van der Waals surface area contributed by atoms with Gasteiger partial charge in [-0.25, -0.2) is 9.78 Å². The number of carbonyl (C=O) groups excluding carboxylic acids is 3. The van der Waals surface area contributed by atoms with Gasteiger partial charge in [0.05, 0.1) is 18.3 Å². The van der Waals surface area contributed by atoms with Crippen LogP contribution in [-0.4, -0.2) is 58.4 Å². The number of hydrogen-bond acceptors (Lipinski definition) is 7. The quantitative estimate of drug-likeness (QED) is 0.194. The van der Waals surface area contributed by atoms with Crippen LogP contribution in [0.5, 0.6) is 0 Å². The van der Waals surface area contributed by atoms with E-state index in [1.165, 1.54) is 0 Å². The van der Waals surface area contributed by atoms with Crippen LogP contribution in [0, 0.1) is 5.92 Å².